The predicted octanol–water partition coefficient (Wildman–Crippen LogP) is 3.84. The molecular weight excluding hydrogens is 321 g/mol. The summed E-state index contributed by atoms with van der Waals surface area (Å²) in [6.07, 6.45) is 1.50. The Morgan fingerprint density at radius 3 is 2.35 bits per heavy atom. The lowest BCUT2D eigenvalue weighted by atomic mass is 10.1. The summed E-state index contributed by atoms with van der Waals surface area (Å²) in [6.45, 7) is 3.67. The highest BCUT2D eigenvalue weighted by molar-refractivity contribution is 6.35. The van der Waals surface area contributed by atoms with E-state index in [2.05, 4.69) is 6.58 Å². The van der Waals surface area contributed by atoms with Gasteiger partial charge in [-0.3, -0.25) is 9.59 Å². The van der Waals surface area contributed by atoms with E-state index in [1.54, 1.807) is 12.1 Å². The third-order valence-electron chi connectivity index (χ3n) is 3.39. The summed E-state index contributed by atoms with van der Waals surface area (Å²) in [7, 11) is 0. The summed E-state index contributed by atoms with van der Waals surface area (Å²) in [5, 5.41) is 0.0460. The third kappa shape index (κ3) is 2.49. The van der Waals surface area contributed by atoms with E-state index in [0.717, 1.165) is 11.0 Å². The number of amides is 2. The maximum absolute atomic E-state index is 14.3. The summed E-state index contributed by atoms with van der Waals surface area (Å²) in [4.78, 5) is 25.6. The largest absolute Gasteiger partial charge is 0.488 e. The van der Waals surface area contributed by atoms with Crippen LogP contribution in [0.5, 0.6) is 5.75 Å². The molecule has 0 atom stereocenters. The van der Waals surface area contributed by atoms with Gasteiger partial charge >= 0.3 is 0 Å². The zero-order valence-electron chi connectivity index (χ0n) is 11.9. The second kappa shape index (κ2) is 5.85. The second-order valence-corrected chi connectivity index (χ2v) is 5.23. The number of nitrogens with zero attached hydrogens (tertiary/aromatic N) is 1. The first-order chi connectivity index (χ1) is 11.0. The quantitative estimate of drug-likeness (QED) is 0.631. The lowest BCUT2D eigenvalue weighted by Crippen LogP contribution is -2.30. The third-order valence-corrected chi connectivity index (χ3v) is 3.69. The molecule has 1 aliphatic heterocycles. The number of ether oxygens (including phenoxy) is 1. The summed E-state index contributed by atoms with van der Waals surface area (Å²) in [5.74, 6) is -1.78. The molecule has 2 aromatic carbocycles. The van der Waals surface area contributed by atoms with Gasteiger partial charge < -0.3 is 4.74 Å². The van der Waals surface area contributed by atoms with Gasteiger partial charge in [0.25, 0.3) is 11.8 Å². The zero-order chi connectivity index (χ0) is 16.6. The molecule has 0 unspecified atom stereocenters. The number of halogens is 2. The van der Waals surface area contributed by atoms with E-state index in [1.165, 1.54) is 24.3 Å². The van der Waals surface area contributed by atoms with Gasteiger partial charge in [0, 0.05) is 6.07 Å². The molecule has 0 aliphatic carbocycles. The Kier molecular flexibility index (Phi) is 3.88. The summed E-state index contributed by atoms with van der Waals surface area (Å²) < 4.78 is 19.6. The summed E-state index contributed by atoms with van der Waals surface area (Å²) in [6, 6.07) is 8.59. The fourth-order valence-electron chi connectivity index (χ4n) is 2.36. The number of imide groups is 1. The first-order valence-corrected chi connectivity index (χ1v) is 7.13. The van der Waals surface area contributed by atoms with Crippen LogP contribution in [0, 0.1) is 5.82 Å². The predicted molar refractivity (Wildman–Crippen MR) is 84.7 cm³/mol. The number of fused-ring (bicyclic) bond motifs is 1. The Morgan fingerprint density at radius 2 is 1.78 bits per heavy atom. The minimum absolute atomic E-state index is 0.0460. The van der Waals surface area contributed by atoms with E-state index in [-0.39, 0.29) is 34.2 Å². The van der Waals surface area contributed by atoms with Gasteiger partial charge in [0.15, 0.2) is 0 Å². The van der Waals surface area contributed by atoms with Crippen molar-refractivity contribution >= 4 is 29.1 Å². The highest BCUT2D eigenvalue weighted by Gasteiger charge is 2.38. The average molecular weight is 332 g/mol. The Balaban J connectivity index is 2.07. The van der Waals surface area contributed by atoms with Crippen LogP contribution in [-0.2, 0) is 0 Å². The Hall–Kier alpha value is -2.66. The molecule has 1 heterocycles. The van der Waals surface area contributed by atoms with Gasteiger partial charge in [0.05, 0.1) is 21.8 Å². The maximum atomic E-state index is 14.3. The highest BCUT2D eigenvalue weighted by atomic mass is 35.5. The van der Waals surface area contributed by atoms with Crippen molar-refractivity contribution in [3.05, 3.63) is 71.0 Å². The van der Waals surface area contributed by atoms with E-state index in [0.29, 0.717) is 0 Å². The van der Waals surface area contributed by atoms with Crippen LogP contribution in [0.3, 0.4) is 0 Å². The molecule has 6 heteroatoms. The standard InChI is InChI=1S/C17H11ClFNO3/c1-2-7-23-15-9-14(13(19)8-12(15)18)20-16(21)10-5-3-4-6-11(10)17(20)22/h2-6,8-9H,1,7H2. The van der Waals surface area contributed by atoms with Crippen molar-refractivity contribution in [1.29, 1.82) is 0 Å². The number of carbonyl (C=O) groups excluding carboxylic acids is 2. The second-order valence-electron chi connectivity index (χ2n) is 4.83. The number of carbonyl (C=O) groups is 2. The van der Waals surface area contributed by atoms with E-state index < -0.39 is 17.6 Å². The van der Waals surface area contributed by atoms with Gasteiger partial charge in [0.1, 0.15) is 18.2 Å². The van der Waals surface area contributed by atoms with Crippen LogP contribution >= 0.6 is 11.6 Å². The Bertz CT molecular complexity index is 800. The van der Waals surface area contributed by atoms with Gasteiger partial charge in [0.2, 0.25) is 0 Å². The average Bonchev–Trinajstić information content (AvgIpc) is 2.79. The smallest absolute Gasteiger partial charge is 0.266 e. The topological polar surface area (TPSA) is 46.6 Å². The van der Waals surface area contributed by atoms with Crippen molar-refractivity contribution in [2.75, 3.05) is 11.5 Å². The highest BCUT2D eigenvalue weighted by Crippen LogP contribution is 2.36. The molecule has 0 N–H and O–H groups in total. The van der Waals surface area contributed by atoms with Crippen molar-refractivity contribution in [2.24, 2.45) is 0 Å². The molecule has 23 heavy (non-hydrogen) atoms. The Labute approximate surface area is 136 Å². The van der Waals surface area contributed by atoms with Crippen LogP contribution in [0.2, 0.25) is 5.02 Å². The zero-order valence-corrected chi connectivity index (χ0v) is 12.6. The SMILES string of the molecule is C=CCOc1cc(N2C(=O)c3ccccc3C2=O)c(F)cc1Cl. The maximum Gasteiger partial charge on any atom is 0.266 e. The fraction of sp³-hybridized carbons (Fsp3) is 0.0588. The number of anilines is 1. The minimum Gasteiger partial charge on any atom is -0.488 e. The van der Waals surface area contributed by atoms with E-state index in [9.17, 15) is 14.0 Å². The Morgan fingerprint density at radius 1 is 1.17 bits per heavy atom. The lowest BCUT2D eigenvalue weighted by molar-refractivity contribution is 0.0925. The number of benzene rings is 2. The minimum atomic E-state index is -0.782. The molecule has 0 saturated heterocycles. The molecule has 2 aromatic rings. The number of hydrogen-bond acceptors (Lipinski definition) is 3. The van der Waals surface area contributed by atoms with Gasteiger partial charge in [-0.1, -0.05) is 36.4 Å². The van der Waals surface area contributed by atoms with Crippen LogP contribution in [0.25, 0.3) is 0 Å². The molecular formula is C17H11ClFNO3. The fourth-order valence-corrected chi connectivity index (χ4v) is 2.56. The van der Waals surface area contributed by atoms with Crippen molar-refractivity contribution in [3.8, 4) is 5.75 Å². The van der Waals surface area contributed by atoms with Crippen LogP contribution in [0.1, 0.15) is 20.7 Å². The lowest BCUT2D eigenvalue weighted by Gasteiger charge is -2.17. The monoisotopic (exact) mass is 331 g/mol. The number of hydrogen-bond donors (Lipinski definition) is 0. The van der Waals surface area contributed by atoms with Gasteiger partial charge in [-0.2, -0.15) is 0 Å². The van der Waals surface area contributed by atoms with Crippen LogP contribution in [0.4, 0.5) is 10.1 Å². The first kappa shape index (κ1) is 15.2. The molecule has 1 aliphatic rings. The summed E-state index contributed by atoms with van der Waals surface area (Å²) >= 11 is 5.92. The normalized spacial score (nSPS) is 13.2. The molecule has 0 bridgehead atoms. The van der Waals surface area contributed by atoms with E-state index in [4.69, 9.17) is 16.3 Å². The molecule has 0 radical (unpaired) electrons. The van der Waals surface area contributed by atoms with Crippen molar-refractivity contribution in [1.82, 2.24) is 0 Å². The van der Waals surface area contributed by atoms with Crippen LogP contribution in [-0.4, -0.2) is 18.4 Å². The molecule has 0 saturated carbocycles. The number of rotatable bonds is 4. The molecule has 4 nitrogen and oxygen atoms in total. The van der Waals surface area contributed by atoms with Gasteiger partial charge in [-0.25, -0.2) is 9.29 Å². The van der Waals surface area contributed by atoms with Crippen molar-refractivity contribution in [2.45, 2.75) is 0 Å². The van der Waals surface area contributed by atoms with Gasteiger partial charge in [-0.15, -0.1) is 0 Å². The first-order valence-electron chi connectivity index (χ1n) is 6.75. The molecule has 2 amide bonds. The summed E-state index contributed by atoms with van der Waals surface area (Å²) in [5.41, 5.74) is 0.278. The van der Waals surface area contributed by atoms with E-state index in [1.807, 2.05) is 0 Å². The van der Waals surface area contributed by atoms with Crippen molar-refractivity contribution < 1.29 is 18.7 Å². The molecule has 0 fully saturated rings. The molecule has 3 rings (SSSR count). The van der Waals surface area contributed by atoms with Gasteiger partial charge in [-0.05, 0) is 18.2 Å². The van der Waals surface area contributed by atoms with E-state index >= 15 is 0 Å². The van der Waals surface area contributed by atoms with Crippen molar-refractivity contribution in [3.63, 3.8) is 0 Å². The van der Waals surface area contributed by atoms with Crippen LogP contribution in [0.15, 0.2) is 49.1 Å². The van der Waals surface area contributed by atoms with Crippen LogP contribution < -0.4 is 9.64 Å². The molecule has 0 aromatic heterocycles. The molecule has 0 spiro atoms. The molecule has 116 valence electrons.